The van der Waals surface area contributed by atoms with Gasteiger partial charge in [0.25, 0.3) is 0 Å². The fraction of sp³-hybridized carbons (Fsp3) is 0.756. The van der Waals surface area contributed by atoms with Gasteiger partial charge in [0.05, 0.1) is 39.6 Å². The second kappa shape index (κ2) is 42.6. The van der Waals surface area contributed by atoms with E-state index in [-0.39, 0.29) is 39.8 Å². The van der Waals surface area contributed by atoms with Crippen LogP contribution in [0, 0.1) is 24.2 Å². The minimum absolute atomic E-state index is 0. The van der Waals surface area contributed by atoms with Gasteiger partial charge in [-0.15, -0.1) is 24.2 Å². The summed E-state index contributed by atoms with van der Waals surface area (Å²) in [6, 6.07) is 0. The molecule has 2 fully saturated rings. The zero-order chi connectivity index (χ0) is 34.5. The van der Waals surface area contributed by atoms with Crippen molar-refractivity contribution in [2.75, 3.05) is 27.4 Å². The monoisotopic (exact) mass is 748 g/mol. The first-order chi connectivity index (χ1) is 23.1. The zero-order valence-corrected chi connectivity index (χ0v) is 33.2. The summed E-state index contributed by atoms with van der Waals surface area (Å²) in [4.78, 5) is 20.9. The number of rotatable bonds is 26. The van der Waals surface area contributed by atoms with Crippen LogP contribution in [0.1, 0.15) is 162 Å². The van der Waals surface area contributed by atoms with Crippen molar-refractivity contribution in [2.45, 2.75) is 173 Å². The van der Waals surface area contributed by atoms with Crippen LogP contribution < -0.4 is 0 Å². The van der Waals surface area contributed by atoms with Crippen LogP contribution in [0.3, 0.4) is 0 Å². The average molecular weight is 750 g/mol. The van der Waals surface area contributed by atoms with Gasteiger partial charge in [-0.05, 0) is 83.5 Å². The van der Waals surface area contributed by atoms with Crippen molar-refractivity contribution in [1.29, 1.82) is 0 Å². The summed E-state index contributed by atoms with van der Waals surface area (Å²) in [6.45, 7) is 3.73. The first-order valence-corrected chi connectivity index (χ1v) is 18.6. The Kier molecular flexibility index (Phi) is 44.9. The van der Waals surface area contributed by atoms with Crippen LogP contribution in [-0.2, 0) is 45.0 Å². The second-order valence-electron chi connectivity index (χ2n) is 12.2. The molecule has 0 N–H and O–H groups in total. The Morgan fingerprint density at radius 1 is 0.653 bits per heavy atom. The van der Waals surface area contributed by atoms with Crippen molar-refractivity contribution in [1.82, 2.24) is 0 Å². The van der Waals surface area contributed by atoms with Gasteiger partial charge in [-0.25, -0.2) is 0 Å². The van der Waals surface area contributed by atoms with Gasteiger partial charge < -0.3 is 28.8 Å². The third kappa shape index (κ3) is 46.4. The smallest absolute Gasteiger partial charge is 0.305 e. The molecule has 0 aromatic rings. The summed E-state index contributed by atoms with van der Waals surface area (Å²) < 4.78 is 19.2. The van der Waals surface area contributed by atoms with Crippen molar-refractivity contribution < 1.29 is 46.5 Å². The Morgan fingerprint density at radius 2 is 1.06 bits per heavy atom. The van der Waals surface area contributed by atoms with Crippen LogP contribution in [0.2, 0.25) is 0 Å². The molecule has 49 heavy (non-hydrogen) atoms. The van der Waals surface area contributed by atoms with E-state index in [9.17, 15) is 9.59 Å². The third-order valence-corrected chi connectivity index (χ3v) is 7.85. The summed E-state index contributed by atoms with van der Waals surface area (Å²) in [5.41, 5.74) is 0. The van der Waals surface area contributed by atoms with Crippen molar-refractivity contribution in [3.63, 3.8) is 0 Å². The molecule has 2 aliphatic rings. The van der Waals surface area contributed by atoms with Crippen LogP contribution in [0.25, 0.3) is 0 Å². The Morgan fingerprint density at radius 3 is 1.51 bits per heavy atom. The number of carbonyl (C=O) groups is 2. The second-order valence-corrected chi connectivity index (χ2v) is 12.2. The number of epoxide rings is 2. The van der Waals surface area contributed by atoms with E-state index in [1.165, 1.54) is 123 Å². The number of allylic oxidation sites excluding steroid dienone is 4. The van der Waals surface area contributed by atoms with E-state index in [1.807, 2.05) is 0 Å². The van der Waals surface area contributed by atoms with Crippen molar-refractivity contribution in [3.8, 4) is 24.2 Å². The molecule has 288 valence electrons. The quantitative estimate of drug-likeness (QED) is 0.0167. The minimum Gasteiger partial charge on any atom is -1.51 e. The molecule has 0 saturated carbocycles. The van der Waals surface area contributed by atoms with Gasteiger partial charge in [0.15, 0.2) is 0 Å². The molecule has 2 atom stereocenters. The maximum Gasteiger partial charge on any atom is 0.305 e. The van der Waals surface area contributed by atoms with Crippen molar-refractivity contribution >= 4 is 21.8 Å². The molecule has 0 radical (unpaired) electrons. The van der Waals surface area contributed by atoms with E-state index in [0.717, 1.165) is 45.3 Å². The van der Waals surface area contributed by atoms with Gasteiger partial charge in [-0.2, -0.15) is 0 Å². The zero-order valence-electron chi connectivity index (χ0n) is 31.2. The summed E-state index contributed by atoms with van der Waals surface area (Å²) in [7, 11) is 2.83. The summed E-state index contributed by atoms with van der Waals surface area (Å²) in [5, 5.41) is 0. The van der Waals surface area contributed by atoms with Crippen LogP contribution in [-0.4, -0.2) is 51.6 Å². The number of terminal acetylenes is 1. The molecule has 0 bridgehead atoms. The molecule has 0 aromatic heterocycles. The predicted octanol–water partition coefficient (Wildman–Crippen LogP) is 11.1. The van der Waals surface area contributed by atoms with Gasteiger partial charge in [0.2, 0.25) is 0 Å². The summed E-state index contributed by atoms with van der Waals surface area (Å²) in [5.74, 6) is 8.92. The Hall–Kier alpha value is -1.62. The van der Waals surface area contributed by atoms with Gasteiger partial charge in [-0.3, -0.25) is 9.59 Å². The number of methoxy groups -OCH3 is 2. The summed E-state index contributed by atoms with van der Waals surface area (Å²) in [6.07, 6.45) is 42.9. The van der Waals surface area contributed by atoms with Crippen LogP contribution >= 0.6 is 9.90 Å². The largest absolute Gasteiger partial charge is 1.51 e. The van der Waals surface area contributed by atoms with E-state index in [2.05, 4.69) is 51.5 Å². The molecule has 2 unspecified atom stereocenters. The molecule has 0 aromatic carbocycles. The van der Waals surface area contributed by atoms with E-state index >= 15 is 0 Å². The van der Waals surface area contributed by atoms with E-state index in [0.29, 0.717) is 25.0 Å². The molecule has 2 heterocycles. The SMILES string of the molecule is C#CCCCCCCCC#CCCCC1CO1.CCC(=O)OC.COC(=O)CCC/C=C\CCCCCCC/C=C\CCCC1CO1.[HH].[Ni].[PH-2]. The molecular weight excluding hydrogens is 678 g/mol. The van der Waals surface area contributed by atoms with Crippen LogP contribution in [0.5, 0.6) is 0 Å². The Bertz CT molecular complexity index is 897. The van der Waals surface area contributed by atoms with Gasteiger partial charge in [0.1, 0.15) is 0 Å². The Balaban J connectivity index is -0.000000357. The molecule has 2 saturated heterocycles. The predicted molar refractivity (Wildman–Crippen MR) is 205 cm³/mol. The maximum absolute atomic E-state index is 10.9. The van der Waals surface area contributed by atoms with Gasteiger partial charge in [0, 0.05) is 50.0 Å². The summed E-state index contributed by atoms with van der Waals surface area (Å²) >= 11 is 0. The first-order valence-electron chi connectivity index (χ1n) is 18.6. The fourth-order valence-electron chi connectivity index (χ4n) is 4.64. The topological polar surface area (TPSA) is 77.7 Å². The molecule has 6 nitrogen and oxygen atoms in total. The molecule has 0 amide bonds. The average Bonchev–Trinajstić information content (AvgIpc) is 4.03. The molecule has 2 aliphatic heterocycles. The maximum atomic E-state index is 10.9. The molecular formula is C41H71NiO6P-2. The van der Waals surface area contributed by atoms with Crippen LogP contribution in [0.15, 0.2) is 24.3 Å². The fourth-order valence-corrected chi connectivity index (χ4v) is 4.64. The third-order valence-electron chi connectivity index (χ3n) is 7.85. The van der Waals surface area contributed by atoms with E-state index in [4.69, 9.17) is 15.9 Å². The minimum atomic E-state index is -0.157. The Labute approximate surface area is 316 Å². The molecule has 0 spiro atoms. The number of esters is 2. The number of hydrogen-bond donors (Lipinski definition) is 0. The number of unbranched alkanes of at least 4 members (excludes halogenated alkanes) is 15. The van der Waals surface area contributed by atoms with E-state index in [1.54, 1.807) is 6.92 Å². The van der Waals surface area contributed by atoms with Gasteiger partial charge >= 0.3 is 11.9 Å². The number of ether oxygens (including phenoxy) is 4. The number of carbonyl (C=O) groups excluding carboxylic acids is 2. The van der Waals surface area contributed by atoms with Crippen molar-refractivity contribution in [2.24, 2.45) is 0 Å². The van der Waals surface area contributed by atoms with Gasteiger partial charge in [-0.1, -0.05) is 69.8 Å². The molecule has 2 rings (SSSR count). The van der Waals surface area contributed by atoms with Crippen molar-refractivity contribution in [3.05, 3.63) is 24.3 Å². The standard InChI is InChI=1S/C21H36O3.C16H24O.C4H8O2.Ni.HP.H2/c1-23-21(22)18-16-14-12-10-8-6-4-2-3-5-7-9-11-13-15-17-20-19-24-20;1-2-3-4-5-6-7-8-9-10-11-12-13-14-16-15-17-16;1-3-4(5)6-2;;;/h9-12,20H,2-8,13-19H2,1H3;1,16H,3-9,12-15H2;3H2,1-2H3;;2*1H/q;;;;-2;/b11-9-,12-10-;;;;;. The van der Waals surface area contributed by atoms with Crippen LogP contribution in [0.4, 0.5) is 0 Å². The molecule has 0 aliphatic carbocycles. The normalized spacial score (nSPS) is 15.1. The molecule has 8 heteroatoms. The number of hydrogen-bond acceptors (Lipinski definition) is 6. The first kappa shape index (κ1) is 51.8. The van der Waals surface area contributed by atoms with E-state index < -0.39 is 0 Å².